The summed E-state index contributed by atoms with van der Waals surface area (Å²) in [6, 6.07) is 4.33. The number of halogens is 1. The van der Waals surface area contributed by atoms with Gasteiger partial charge in [-0.25, -0.2) is 0 Å². The molecule has 1 aromatic rings. The highest BCUT2D eigenvalue weighted by atomic mass is 127. The van der Waals surface area contributed by atoms with Crippen LogP contribution >= 0.6 is 35.3 Å². The highest BCUT2D eigenvalue weighted by molar-refractivity contribution is 14.0. The molecule has 1 fully saturated rings. The molecule has 0 aromatic carbocycles. The van der Waals surface area contributed by atoms with Crippen molar-refractivity contribution in [2.75, 3.05) is 33.4 Å². The third kappa shape index (κ3) is 7.43. The van der Waals surface area contributed by atoms with E-state index in [2.05, 4.69) is 42.0 Å². The van der Waals surface area contributed by atoms with Crippen molar-refractivity contribution in [3.8, 4) is 0 Å². The Kier molecular flexibility index (Phi) is 11.0. The molecule has 1 aliphatic carbocycles. The van der Waals surface area contributed by atoms with Gasteiger partial charge < -0.3 is 15.4 Å². The molecule has 1 aliphatic rings. The third-order valence-electron chi connectivity index (χ3n) is 5.02. The number of ether oxygens (including phenoxy) is 1. The number of nitrogens with one attached hydrogen (secondary N) is 2. The first-order valence-electron chi connectivity index (χ1n) is 9.23. The Balaban J connectivity index is 0.00000312. The number of nitrogens with zero attached hydrogens (tertiary/aromatic N) is 1. The van der Waals surface area contributed by atoms with E-state index in [1.165, 1.54) is 30.6 Å². The van der Waals surface area contributed by atoms with E-state index < -0.39 is 0 Å². The molecule has 1 saturated carbocycles. The summed E-state index contributed by atoms with van der Waals surface area (Å²) in [4.78, 5) is 6.34. The van der Waals surface area contributed by atoms with Crippen molar-refractivity contribution in [1.29, 1.82) is 0 Å². The van der Waals surface area contributed by atoms with Gasteiger partial charge in [-0.05, 0) is 43.0 Å². The van der Waals surface area contributed by atoms with Crippen LogP contribution in [0.2, 0.25) is 0 Å². The molecule has 2 rings (SSSR count). The summed E-state index contributed by atoms with van der Waals surface area (Å²) in [6.45, 7) is 7.94. The fraction of sp³-hybridized carbons (Fsp3) is 0.737. The number of thiophene rings is 1. The van der Waals surface area contributed by atoms with E-state index in [1.54, 1.807) is 7.11 Å². The molecule has 0 spiro atoms. The van der Waals surface area contributed by atoms with Crippen LogP contribution in [0.25, 0.3) is 0 Å². The number of hydrogen-bond acceptors (Lipinski definition) is 3. The zero-order valence-electron chi connectivity index (χ0n) is 15.8. The molecule has 4 nitrogen and oxygen atoms in total. The van der Waals surface area contributed by atoms with E-state index in [1.807, 2.05) is 11.3 Å². The Hall–Kier alpha value is -0.340. The summed E-state index contributed by atoms with van der Waals surface area (Å²) < 4.78 is 5.32. The second kappa shape index (κ2) is 12.1. The minimum absolute atomic E-state index is 0. The van der Waals surface area contributed by atoms with Crippen LogP contribution in [0.1, 0.15) is 56.7 Å². The van der Waals surface area contributed by atoms with Gasteiger partial charge in [-0.3, -0.25) is 4.99 Å². The fourth-order valence-corrected chi connectivity index (χ4v) is 4.23. The molecule has 2 N–H and O–H groups in total. The molecule has 1 heterocycles. The van der Waals surface area contributed by atoms with E-state index in [-0.39, 0.29) is 24.0 Å². The summed E-state index contributed by atoms with van der Waals surface area (Å²) in [7, 11) is 1.80. The van der Waals surface area contributed by atoms with Gasteiger partial charge >= 0.3 is 0 Å². The smallest absolute Gasteiger partial charge is 0.191 e. The maximum atomic E-state index is 5.32. The van der Waals surface area contributed by atoms with Crippen LogP contribution < -0.4 is 10.6 Å². The van der Waals surface area contributed by atoms with Gasteiger partial charge in [0.25, 0.3) is 0 Å². The molecule has 0 aliphatic heterocycles. The number of guanidine groups is 1. The normalized spacial score (nSPS) is 17.8. The average Bonchev–Trinajstić information content (AvgIpc) is 3.27. The van der Waals surface area contributed by atoms with Crippen molar-refractivity contribution >= 4 is 41.3 Å². The van der Waals surface area contributed by atoms with Crippen LogP contribution in [-0.4, -0.2) is 39.3 Å². The van der Waals surface area contributed by atoms with Crippen LogP contribution in [0.15, 0.2) is 22.5 Å². The highest BCUT2D eigenvalue weighted by Crippen LogP contribution is 2.41. The molecule has 144 valence electrons. The molecule has 6 heteroatoms. The molecular formula is C19H34IN3OS. The Morgan fingerprint density at radius 3 is 2.72 bits per heavy atom. The third-order valence-corrected chi connectivity index (χ3v) is 6.13. The molecule has 0 radical (unpaired) electrons. The van der Waals surface area contributed by atoms with Crippen LogP contribution in [-0.2, 0) is 4.74 Å². The fourth-order valence-electron chi connectivity index (χ4n) is 3.44. The maximum absolute atomic E-state index is 5.32. The summed E-state index contributed by atoms with van der Waals surface area (Å²) >= 11 is 1.82. The SMILES string of the molecule is CCNC(=NCC1(CCOC)CCCC1)NCC(C)c1cccs1.I. The molecule has 0 saturated heterocycles. The van der Waals surface area contributed by atoms with E-state index in [4.69, 9.17) is 9.73 Å². The first-order valence-corrected chi connectivity index (χ1v) is 10.1. The van der Waals surface area contributed by atoms with E-state index in [0.717, 1.165) is 38.6 Å². The van der Waals surface area contributed by atoms with Crippen LogP contribution in [0.3, 0.4) is 0 Å². The van der Waals surface area contributed by atoms with Gasteiger partial charge in [0.1, 0.15) is 0 Å². The summed E-state index contributed by atoms with van der Waals surface area (Å²) in [5.74, 6) is 1.45. The average molecular weight is 479 g/mol. The largest absolute Gasteiger partial charge is 0.385 e. The van der Waals surface area contributed by atoms with Crippen LogP contribution in [0, 0.1) is 5.41 Å². The molecular weight excluding hydrogens is 445 g/mol. The summed E-state index contributed by atoms with van der Waals surface area (Å²) in [5.41, 5.74) is 0.345. The Labute approximate surface area is 174 Å². The number of aliphatic imine (C=N–C) groups is 1. The minimum atomic E-state index is 0. The Bertz CT molecular complexity index is 487. The quantitative estimate of drug-likeness (QED) is 0.309. The standard InChI is InChI=1S/C19H33N3OS.HI/c1-4-20-18(21-14-16(2)17-8-7-13-24-17)22-15-19(11-12-23-3)9-5-6-10-19;/h7-8,13,16H,4-6,9-12,14-15H2,1-3H3,(H2,20,21,22);1H. The highest BCUT2D eigenvalue weighted by Gasteiger charge is 2.33. The second-order valence-electron chi connectivity index (χ2n) is 6.94. The number of methoxy groups -OCH3 is 1. The second-order valence-corrected chi connectivity index (χ2v) is 7.92. The molecule has 1 unspecified atom stereocenters. The Morgan fingerprint density at radius 1 is 1.36 bits per heavy atom. The monoisotopic (exact) mass is 479 g/mol. The topological polar surface area (TPSA) is 45.7 Å². The molecule has 0 bridgehead atoms. The molecule has 0 amide bonds. The van der Waals surface area contributed by atoms with Crippen molar-refractivity contribution in [1.82, 2.24) is 10.6 Å². The lowest BCUT2D eigenvalue weighted by Crippen LogP contribution is -2.40. The predicted octanol–water partition coefficient (Wildman–Crippen LogP) is 4.62. The first-order chi connectivity index (χ1) is 11.7. The molecule has 25 heavy (non-hydrogen) atoms. The van der Waals surface area contributed by atoms with Gasteiger partial charge in [0.2, 0.25) is 0 Å². The van der Waals surface area contributed by atoms with Crippen molar-refractivity contribution in [2.24, 2.45) is 10.4 Å². The van der Waals surface area contributed by atoms with Gasteiger partial charge in [-0.2, -0.15) is 0 Å². The zero-order chi connectivity index (χ0) is 17.3. The minimum Gasteiger partial charge on any atom is -0.385 e. The van der Waals surface area contributed by atoms with Gasteiger partial charge in [-0.1, -0.05) is 25.8 Å². The first kappa shape index (κ1) is 22.7. The number of rotatable bonds is 9. The van der Waals surface area contributed by atoms with Crippen LogP contribution in [0.4, 0.5) is 0 Å². The van der Waals surface area contributed by atoms with Crippen molar-refractivity contribution in [3.63, 3.8) is 0 Å². The van der Waals surface area contributed by atoms with Gasteiger partial charge in [-0.15, -0.1) is 35.3 Å². The maximum Gasteiger partial charge on any atom is 0.191 e. The van der Waals surface area contributed by atoms with Gasteiger partial charge in [0.05, 0.1) is 0 Å². The summed E-state index contributed by atoms with van der Waals surface area (Å²) in [5, 5.41) is 9.06. The predicted molar refractivity (Wildman–Crippen MR) is 120 cm³/mol. The zero-order valence-corrected chi connectivity index (χ0v) is 19.0. The van der Waals surface area contributed by atoms with Crippen molar-refractivity contribution in [3.05, 3.63) is 22.4 Å². The lowest BCUT2D eigenvalue weighted by Gasteiger charge is -2.27. The molecule has 1 aromatic heterocycles. The van der Waals surface area contributed by atoms with Crippen molar-refractivity contribution < 1.29 is 4.74 Å². The molecule has 1 atom stereocenters. The lowest BCUT2D eigenvalue weighted by atomic mass is 9.83. The Morgan fingerprint density at radius 2 is 2.12 bits per heavy atom. The van der Waals surface area contributed by atoms with E-state index in [9.17, 15) is 0 Å². The number of hydrogen-bond donors (Lipinski definition) is 2. The lowest BCUT2D eigenvalue weighted by molar-refractivity contribution is 0.141. The van der Waals surface area contributed by atoms with Gasteiger partial charge in [0, 0.05) is 44.1 Å². The van der Waals surface area contributed by atoms with Crippen LogP contribution in [0.5, 0.6) is 0 Å². The van der Waals surface area contributed by atoms with Gasteiger partial charge in [0.15, 0.2) is 5.96 Å². The van der Waals surface area contributed by atoms with E-state index in [0.29, 0.717) is 11.3 Å². The summed E-state index contributed by atoms with van der Waals surface area (Å²) in [6.07, 6.45) is 6.35. The van der Waals surface area contributed by atoms with Crippen molar-refractivity contribution in [2.45, 2.75) is 51.9 Å². The van der Waals surface area contributed by atoms with E-state index >= 15 is 0 Å².